The van der Waals surface area contributed by atoms with Crippen LogP contribution < -0.4 is 0 Å². The number of unbranched alkanes of at least 4 members (excludes halogenated alkanes) is 3. The number of carboxylic acids is 1. The zero-order chi connectivity index (χ0) is 17.9. The van der Waals surface area contributed by atoms with Crippen LogP contribution in [0.2, 0.25) is 0 Å². The fraction of sp³-hybridized carbons (Fsp3) is 0.550. The fourth-order valence-electron chi connectivity index (χ4n) is 2.06. The second-order valence-corrected chi connectivity index (χ2v) is 5.63. The summed E-state index contributed by atoms with van der Waals surface area (Å²) in [5.41, 5.74) is 0. The summed E-state index contributed by atoms with van der Waals surface area (Å²) >= 11 is 0. The van der Waals surface area contributed by atoms with E-state index in [1.54, 1.807) is 0 Å². The topological polar surface area (TPSA) is 66.8 Å². The monoisotopic (exact) mass is 336 g/mol. The van der Waals surface area contributed by atoms with E-state index < -0.39 is 5.97 Å². The molecule has 0 amide bonds. The Morgan fingerprint density at radius 3 is 2.08 bits per heavy atom. The number of hydrogen-bond donors (Lipinski definition) is 2. The minimum atomic E-state index is -0.733. The van der Waals surface area contributed by atoms with Crippen LogP contribution in [-0.4, -0.2) is 16.3 Å². The van der Waals surface area contributed by atoms with Crippen LogP contribution in [0.1, 0.15) is 71.1 Å². The molecule has 0 aromatic rings. The lowest BCUT2D eigenvalue weighted by atomic mass is 10.1. The second-order valence-electron chi connectivity index (χ2n) is 5.63. The minimum Gasteiger partial charge on any atom is -0.481 e. The van der Waals surface area contributed by atoms with Crippen molar-refractivity contribution < 1.29 is 20.0 Å². The van der Waals surface area contributed by atoms with Gasteiger partial charge in [0, 0.05) is 12.8 Å². The molecule has 0 saturated heterocycles. The predicted octanol–water partition coefficient (Wildman–Crippen LogP) is 6.03. The van der Waals surface area contributed by atoms with Gasteiger partial charge in [0.1, 0.15) is 5.76 Å². The molecule has 0 unspecified atom stereocenters. The smallest absolute Gasteiger partial charge is 0.303 e. The molecule has 0 fully saturated rings. The molecule has 2 N–H and O–H groups in total. The SMILES string of the molecule is CCCCC/C(=C\C/C=C\C/C=C\C/C=C\CCCC(=O)O)OO. The number of aliphatic carboxylic acids is 1. The number of carboxylic acid groups (broad SMARTS) is 1. The van der Waals surface area contributed by atoms with Gasteiger partial charge in [-0.05, 0) is 44.6 Å². The first-order chi connectivity index (χ1) is 11.7. The third-order valence-electron chi connectivity index (χ3n) is 3.43. The van der Waals surface area contributed by atoms with Gasteiger partial charge in [0.15, 0.2) is 0 Å². The van der Waals surface area contributed by atoms with E-state index in [0.29, 0.717) is 12.2 Å². The number of carbonyl (C=O) groups is 1. The molecule has 4 heteroatoms. The highest BCUT2D eigenvalue weighted by molar-refractivity contribution is 5.66. The van der Waals surface area contributed by atoms with E-state index in [4.69, 9.17) is 10.4 Å². The average Bonchev–Trinajstić information content (AvgIpc) is 2.57. The summed E-state index contributed by atoms with van der Waals surface area (Å²) in [6.07, 6.45) is 22.8. The van der Waals surface area contributed by atoms with Crippen molar-refractivity contribution in [3.8, 4) is 0 Å². The highest BCUT2D eigenvalue weighted by Crippen LogP contribution is 2.10. The van der Waals surface area contributed by atoms with Gasteiger partial charge in [-0.1, -0.05) is 56.2 Å². The summed E-state index contributed by atoms with van der Waals surface area (Å²) in [6, 6.07) is 0. The van der Waals surface area contributed by atoms with Crippen molar-refractivity contribution in [2.24, 2.45) is 0 Å². The zero-order valence-corrected chi connectivity index (χ0v) is 14.8. The zero-order valence-electron chi connectivity index (χ0n) is 14.8. The van der Waals surface area contributed by atoms with Gasteiger partial charge in [-0.15, -0.1) is 0 Å². The van der Waals surface area contributed by atoms with Crippen molar-refractivity contribution in [1.29, 1.82) is 0 Å². The third kappa shape index (κ3) is 16.6. The molecule has 0 heterocycles. The largest absolute Gasteiger partial charge is 0.481 e. The molecular weight excluding hydrogens is 304 g/mol. The molecule has 24 heavy (non-hydrogen) atoms. The third-order valence-corrected chi connectivity index (χ3v) is 3.43. The van der Waals surface area contributed by atoms with Gasteiger partial charge in [-0.2, -0.15) is 0 Å². The molecule has 0 aromatic carbocycles. The first-order valence-corrected chi connectivity index (χ1v) is 8.88. The Hall–Kier alpha value is -1.81. The van der Waals surface area contributed by atoms with E-state index in [9.17, 15) is 4.79 Å². The summed E-state index contributed by atoms with van der Waals surface area (Å²) in [7, 11) is 0. The van der Waals surface area contributed by atoms with E-state index >= 15 is 0 Å². The van der Waals surface area contributed by atoms with Crippen LogP contribution in [0.5, 0.6) is 0 Å². The predicted molar refractivity (Wildman–Crippen MR) is 98.7 cm³/mol. The minimum absolute atomic E-state index is 0.237. The first kappa shape index (κ1) is 22.2. The molecule has 0 aliphatic carbocycles. The number of hydrogen-bond acceptors (Lipinski definition) is 3. The van der Waals surface area contributed by atoms with Gasteiger partial charge >= 0.3 is 5.97 Å². The quantitative estimate of drug-likeness (QED) is 0.126. The molecule has 0 rings (SSSR count). The van der Waals surface area contributed by atoms with Gasteiger partial charge in [0.25, 0.3) is 0 Å². The van der Waals surface area contributed by atoms with E-state index in [-0.39, 0.29) is 6.42 Å². The Labute approximate surface area is 146 Å². The van der Waals surface area contributed by atoms with Crippen molar-refractivity contribution in [1.82, 2.24) is 0 Å². The first-order valence-electron chi connectivity index (χ1n) is 8.88. The lowest BCUT2D eigenvalue weighted by Gasteiger charge is -2.01. The Bertz CT molecular complexity index is 419. The fourth-order valence-corrected chi connectivity index (χ4v) is 2.06. The van der Waals surface area contributed by atoms with E-state index in [0.717, 1.165) is 51.4 Å². The van der Waals surface area contributed by atoms with Gasteiger partial charge in [-0.3, -0.25) is 4.79 Å². The molecule has 0 aliphatic heterocycles. The van der Waals surface area contributed by atoms with E-state index in [2.05, 4.69) is 42.2 Å². The van der Waals surface area contributed by atoms with Crippen LogP contribution in [0.15, 0.2) is 48.3 Å². The lowest BCUT2D eigenvalue weighted by Crippen LogP contribution is -1.92. The maximum Gasteiger partial charge on any atom is 0.303 e. The molecule has 0 spiro atoms. The van der Waals surface area contributed by atoms with Crippen molar-refractivity contribution in [3.05, 3.63) is 48.3 Å². The maximum atomic E-state index is 10.3. The summed E-state index contributed by atoms with van der Waals surface area (Å²) in [5.74, 6) is -0.0831. The van der Waals surface area contributed by atoms with Crippen molar-refractivity contribution in [2.45, 2.75) is 71.1 Å². The summed E-state index contributed by atoms with van der Waals surface area (Å²) < 4.78 is 0. The molecule has 0 aliphatic rings. The van der Waals surface area contributed by atoms with Gasteiger partial charge < -0.3 is 9.99 Å². The Kier molecular flexibility index (Phi) is 16.2. The average molecular weight is 336 g/mol. The van der Waals surface area contributed by atoms with Crippen molar-refractivity contribution >= 4 is 5.97 Å². The Morgan fingerprint density at radius 1 is 0.875 bits per heavy atom. The normalized spacial score (nSPS) is 12.7. The van der Waals surface area contributed by atoms with Crippen molar-refractivity contribution in [2.75, 3.05) is 0 Å². The van der Waals surface area contributed by atoms with Crippen LogP contribution in [0.4, 0.5) is 0 Å². The Balaban J connectivity index is 3.69. The van der Waals surface area contributed by atoms with Crippen LogP contribution in [0.25, 0.3) is 0 Å². The maximum absolute atomic E-state index is 10.3. The van der Waals surface area contributed by atoms with Crippen LogP contribution >= 0.6 is 0 Å². The second kappa shape index (κ2) is 17.5. The van der Waals surface area contributed by atoms with E-state index in [1.165, 1.54) is 0 Å². The van der Waals surface area contributed by atoms with Crippen LogP contribution in [-0.2, 0) is 9.68 Å². The molecule has 4 nitrogen and oxygen atoms in total. The van der Waals surface area contributed by atoms with Gasteiger partial charge in [0.2, 0.25) is 0 Å². The van der Waals surface area contributed by atoms with Crippen LogP contribution in [0.3, 0.4) is 0 Å². The molecule has 0 radical (unpaired) electrons. The number of rotatable bonds is 15. The molecule has 136 valence electrons. The van der Waals surface area contributed by atoms with Gasteiger partial charge in [0.05, 0.1) is 0 Å². The van der Waals surface area contributed by atoms with Crippen molar-refractivity contribution in [3.63, 3.8) is 0 Å². The lowest BCUT2D eigenvalue weighted by molar-refractivity contribution is -0.206. The molecule has 0 atom stereocenters. The standard InChI is InChI=1S/C20H32O4/c1-2-3-13-16-19(24-23)17-14-11-9-7-5-4-6-8-10-12-15-18-20(21)22/h4-5,8-11,17,23H,2-3,6-7,12-16,18H2,1H3,(H,21,22)/b5-4-,10-8-,11-9-,19-17+. The summed E-state index contributed by atoms with van der Waals surface area (Å²) in [5, 5.41) is 17.3. The molecule has 0 aromatic heterocycles. The van der Waals surface area contributed by atoms with E-state index in [1.807, 2.05) is 12.2 Å². The summed E-state index contributed by atoms with van der Waals surface area (Å²) in [4.78, 5) is 14.7. The Morgan fingerprint density at radius 2 is 1.50 bits per heavy atom. The highest BCUT2D eigenvalue weighted by atomic mass is 17.1. The number of allylic oxidation sites excluding steroid dienone is 8. The van der Waals surface area contributed by atoms with Crippen LogP contribution in [0, 0.1) is 0 Å². The highest BCUT2D eigenvalue weighted by Gasteiger charge is 1.96. The molecule has 0 saturated carbocycles. The molecule has 0 bridgehead atoms. The van der Waals surface area contributed by atoms with Gasteiger partial charge in [-0.25, -0.2) is 5.26 Å². The summed E-state index contributed by atoms with van der Waals surface area (Å²) in [6.45, 7) is 2.15. The molecular formula is C20H32O4.